The van der Waals surface area contributed by atoms with Gasteiger partial charge in [0.2, 0.25) is 5.91 Å². The van der Waals surface area contributed by atoms with Crippen molar-refractivity contribution < 1.29 is 19.4 Å². The van der Waals surface area contributed by atoms with Gasteiger partial charge in [-0.15, -0.1) is 0 Å². The second kappa shape index (κ2) is 12.2. The molecule has 1 amide bonds. The molecule has 0 aliphatic rings. The molecule has 0 bridgehead atoms. The van der Waals surface area contributed by atoms with Gasteiger partial charge in [-0.25, -0.2) is 0 Å². The van der Waals surface area contributed by atoms with Crippen molar-refractivity contribution in [3.8, 4) is 5.75 Å². The quantitative estimate of drug-likeness (QED) is 0.354. The van der Waals surface area contributed by atoms with Gasteiger partial charge in [-0.2, -0.15) is 0 Å². The van der Waals surface area contributed by atoms with Gasteiger partial charge in [0.15, 0.2) is 0 Å². The van der Waals surface area contributed by atoms with Gasteiger partial charge in [0.05, 0.1) is 5.57 Å². The van der Waals surface area contributed by atoms with Crippen LogP contribution in [0.1, 0.15) is 39.5 Å². The van der Waals surface area contributed by atoms with Gasteiger partial charge >= 0.3 is 5.97 Å². The number of amides is 1. The summed E-state index contributed by atoms with van der Waals surface area (Å²) in [6.45, 7) is 5.81. The van der Waals surface area contributed by atoms with E-state index in [1.807, 2.05) is 62.6 Å². The van der Waals surface area contributed by atoms with Crippen molar-refractivity contribution >= 4 is 22.6 Å². The Bertz CT molecular complexity index is 929. The summed E-state index contributed by atoms with van der Waals surface area (Å²) in [7, 11) is 4.04. The number of carbonyl (C=O) groups is 2. The Balaban J connectivity index is 2.07. The minimum absolute atomic E-state index is 0.0672. The molecule has 174 valence electrons. The number of ether oxygens (including phenoxy) is 1. The maximum Gasteiger partial charge on any atom is 0.303 e. The molecule has 0 saturated heterocycles. The molecule has 0 heterocycles. The molecule has 0 radical (unpaired) electrons. The minimum atomic E-state index is -0.797. The number of nitrogens with one attached hydrogen (secondary N) is 1. The summed E-state index contributed by atoms with van der Waals surface area (Å²) in [5.41, 5.74) is 0.497. The zero-order chi connectivity index (χ0) is 23.6. The van der Waals surface area contributed by atoms with Crippen LogP contribution < -0.4 is 10.1 Å². The molecule has 0 spiro atoms. The number of carboxylic acid groups (broad SMARTS) is 1. The molecule has 0 aliphatic heterocycles. The van der Waals surface area contributed by atoms with Crippen LogP contribution in [0.2, 0.25) is 0 Å². The number of rotatable bonds is 13. The standard InChI is InChI=1S/C26H36N2O4/c1-26(2,19-28(3)4)18-27-25(31)21(12-6-5-7-16-24(29)30)17-32-23-15-10-13-20-11-8-9-14-22(20)23/h8-15H,5-7,16-19H2,1-4H3,(H,27,31)(H,29,30)/b21-12+. The van der Waals surface area contributed by atoms with Gasteiger partial charge in [0, 0.05) is 24.9 Å². The zero-order valence-corrected chi connectivity index (χ0v) is 19.7. The van der Waals surface area contributed by atoms with Crippen molar-refractivity contribution in [1.82, 2.24) is 10.2 Å². The molecule has 0 aromatic heterocycles. The summed E-state index contributed by atoms with van der Waals surface area (Å²) in [5.74, 6) is -0.203. The van der Waals surface area contributed by atoms with Gasteiger partial charge in [0.1, 0.15) is 12.4 Å². The van der Waals surface area contributed by atoms with Gasteiger partial charge in [-0.3, -0.25) is 9.59 Å². The lowest BCUT2D eigenvalue weighted by atomic mass is 9.93. The SMILES string of the molecule is CN(C)CC(C)(C)CNC(=O)/C(=C/CCCCC(=O)O)COc1cccc2ccccc12. The Morgan fingerprint density at radius 2 is 1.81 bits per heavy atom. The molecule has 32 heavy (non-hydrogen) atoms. The highest BCUT2D eigenvalue weighted by atomic mass is 16.5. The van der Waals surface area contributed by atoms with Crippen LogP contribution in [-0.4, -0.2) is 55.7 Å². The summed E-state index contributed by atoms with van der Waals surface area (Å²) in [6, 6.07) is 13.9. The molecule has 0 saturated carbocycles. The molecule has 6 heteroatoms. The van der Waals surface area contributed by atoms with E-state index in [0.29, 0.717) is 31.4 Å². The lowest BCUT2D eigenvalue weighted by molar-refractivity contribution is -0.137. The van der Waals surface area contributed by atoms with E-state index in [1.165, 1.54) is 0 Å². The van der Waals surface area contributed by atoms with Crippen LogP contribution in [0, 0.1) is 5.41 Å². The number of aliphatic carboxylic acids is 1. The van der Waals surface area contributed by atoms with Crippen molar-refractivity contribution in [3.63, 3.8) is 0 Å². The first-order chi connectivity index (χ1) is 15.2. The summed E-state index contributed by atoms with van der Waals surface area (Å²) in [6.07, 6.45) is 3.95. The highest BCUT2D eigenvalue weighted by Crippen LogP contribution is 2.25. The summed E-state index contributed by atoms with van der Waals surface area (Å²) >= 11 is 0. The van der Waals surface area contributed by atoms with Crippen molar-refractivity contribution in [2.75, 3.05) is 33.8 Å². The highest BCUT2D eigenvalue weighted by Gasteiger charge is 2.21. The fraction of sp³-hybridized carbons (Fsp3) is 0.462. The van der Waals surface area contributed by atoms with Crippen LogP contribution in [0.3, 0.4) is 0 Å². The molecule has 6 nitrogen and oxygen atoms in total. The Kier molecular flexibility index (Phi) is 9.72. The Morgan fingerprint density at radius 3 is 2.53 bits per heavy atom. The van der Waals surface area contributed by atoms with E-state index in [2.05, 4.69) is 24.1 Å². The van der Waals surface area contributed by atoms with E-state index in [-0.39, 0.29) is 24.3 Å². The second-order valence-electron chi connectivity index (χ2n) is 9.22. The summed E-state index contributed by atoms with van der Waals surface area (Å²) in [4.78, 5) is 25.8. The first kappa shape index (κ1) is 25.4. The Labute approximate surface area is 191 Å². The highest BCUT2D eigenvalue weighted by molar-refractivity contribution is 5.94. The molecule has 2 aromatic rings. The van der Waals surface area contributed by atoms with Crippen LogP contribution in [0.5, 0.6) is 5.75 Å². The van der Waals surface area contributed by atoms with Crippen LogP contribution in [-0.2, 0) is 9.59 Å². The smallest absolute Gasteiger partial charge is 0.303 e. The molecular formula is C26H36N2O4. The topological polar surface area (TPSA) is 78.9 Å². The molecule has 0 fully saturated rings. The fourth-order valence-corrected chi connectivity index (χ4v) is 3.74. The van der Waals surface area contributed by atoms with Crippen LogP contribution in [0.15, 0.2) is 54.1 Å². The number of hydrogen-bond acceptors (Lipinski definition) is 4. The number of benzene rings is 2. The second-order valence-corrected chi connectivity index (χ2v) is 9.22. The van der Waals surface area contributed by atoms with E-state index >= 15 is 0 Å². The number of allylic oxidation sites excluding steroid dienone is 1. The van der Waals surface area contributed by atoms with Crippen molar-refractivity contribution in [2.45, 2.75) is 39.5 Å². The Hall–Kier alpha value is -2.86. The molecule has 0 atom stereocenters. The van der Waals surface area contributed by atoms with Crippen molar-refractivity contribution in [3.05, 3.63) is 54.1 Å². The van der Waals surface area contributed by atoms with E-state index in [1.54, 1.807) is 0 Å². The molecule has 2 N–H and O–H groups in total. The van der Waals surface area contributed by atoms with Gasteiger partial charge in [0.25, 0.3) is 0 Å². The normalized spacial score (nSPS) is 12.2. The van der Waals surface area contributed by atoms with E-state index in [9.17, 15) is 9.59 Å². The first-order valence-corrected chi connectivity index (χ1v) is 11.1. The zero-order valence-electron chi connectivity index (χ0n) is 19.7. The predicted molar refractivity (Wildman–Crippen MR) is 129 cm³/mol. The number of carbonyl (C=O) groups excluding carboxylic acids is 1. The maximum absolute atomic E-state index is 13.0. The lowest BCUT2D eigenvalue weighted by Crippen LogP contribution is -2.40. The largest absolute Gasteiger partial charge is 0.488 e. The minimum Gasteiger partial charge on any atom is -0.488 e. The number of fused-ring (bicyclic) bond motifs is 1. The molecule has 2 aromatic carbocycles. The maximum atomic E-state index is 13.0. The number of hydrogen-bond donors (Lipinski definition) is 2. The molecule has 2 rings (SSSR count). The van der Waals surface area contributed by atoms with Gasteiger partial charge in [-0.1, -0.05) is 56.3 Å². The average molecular weight is 441 g/mol. The average Bonchev–Trinajstić information content (AvgIpc) is 2.73. The van der Waals surface area contributed by atoms with E-state index in [0.717, 1.165) is 23.1 Å². The predicted octanol–water partition coefficient (Wildman–Crippen LogP) is 4.49. The summed E-state index contributed by atoms with van der Waals surface area (Å²) in [5, 5.41) is 14.0. The Morgan fingerprint density at radius 1 is 1.09 bits per heavy atom. The third kappa shape index (κ3) is 8.71. The van der Waals surface area contributed by atoms with Gasteiger partial charge < -0.3 is 20.1 Å². The summed E-state index contributed by atoms with van der Waals surface area (Å²) < 4.78 is 6.06. The molecule has 0 unspecified atom stereocenters. The number of carboxylic acids is 1. The monoisotopic (exact) mass is 440 g/mol. The van der Waals surface area contributed by atoms with Crippen LogP contribution in [0.25, 0.3) is 10.8 Å². The molecular weight excluding hydrogens is 404 g/mol. The van der Waals surface area contributed by atoms with Crippen molar-refractivity contribution in [2.24, 2.45) is 5.41 Å². The third-order valence-corrected chi connectivity index (χ3v) is 5.13. The first-order valence-electron chi connectivity index (χ1n) is 11.1. The number of nitrogens with zero attached hydrogens (tertiary/aromatic N) is 1. The fourth-order valence-electron chi connectivity index (χ4n) is 3.74. The van der Waals surface area contributed by atoms with Crippen LogP contribution in [0.4, 0.5) is 0 Å². The lowest BCUT2D eigenvalue weighted by Gasteiger charge is -2.28. The van der Waals surface area contributed by atoms with Crippen LogP contribution >= 0.6 is 0 Å². The van der Waals surface area contributed by atoms with E-state index < -0.39 is 5.97 Å². The van der Waals surface area contributed by atoms with Gasteiger partial charge in [-0.05, 0) is 50.2 Å². The molecule has 0 aliphatic carbocycles. The third-order valence-electron chi connectivity index (χ3n) is 5.13. The van der Waals surface area contributed by atoms with E-state index in [4.69, 9.17) is 9.84 Å². The van der Waals surface area contributed by atoms with Crippen molar-refractivity contribution in [1.29, 1.82) is 0 Å². The number of unbranched alkanes of at least 4 members (excludes halogenated alkanes) is 2.